The highest BCUT2D eigenvalue weighted by atomic mass is 19.1. The van der Waals surface area contributed by atoms with Gasteiger partial charge < -0.3 is 19.4 Å². The Bertz CT molecular complexity index is 1520. The van der Waals surface area contributed by atoms with Crippen molar-refractivity contribution in [2.24, 2.45) is 13.0 Å². The number of carbonyl (C=O) groups excluding carboxylic acids is 1. The van der Waals surface area contributed by atoms with Crippen LogP contribution in [0.25, 0.3) is 10.9 Å². The summed E-state index contributed by atoms with van der Waals surface area (Å²) in [6, 6.07) is 12.8. The third-order valence-electron chi connectivity index (χ3n) is 7.98. The average molecular weight is 514 g/mol. The lowest BCUT2D eigenvalue weighted by Crippen LogP contribution is -2.47. The Labute approximate surface area is 220 Å². The Balaban J connectivity index is 1.33. The van der Waals surface area contributed by atoms with Crippen molar-refractivity contribution in [2.45, 2.75) is 44.3 Å². The van der Waals surface area contributed by atoms with E-state index >= 15 is 4.39 Å². The maximum absolute atomic E-state index is 15.2. The molecule has 1 aliphatic heterocycles. The number of aryl methyl sites for hydroxylation is 1. The molecule has 7 nitrogen and oxygen atoms in total. The zero-order chi connectivity index (χ0) is 26.2. The van der Waals surface area contributed by atoms with Gasteiger partial charge in [0.15, 0.2) is 0 Å². The second kappa shape index (κ2) is 10.2. The van der Waals surface area contributed by atoms with E-state index < -0.39 is 0 Å². The number of carbonyl (C=O) groups is 1. The number of aromatic nitrogens is 3. The molecule has 4 heterocycles. The molecule has 0 radical (unpaired) electrons. The normalized spacial score (nSPS) is 19.5. The van der Waals surface area contributed by atoms with Gasteiger partial charge in [-0.15, -0.1) is 0 Å². The van der Waals surface area contributed by atoms with Crippen LogP contribution in [0.3, 0.4) is 0 Å². The molecule has 1 unspecified atom stereocenters. The monoisotopic (exact) mass is 513 g/mol. The Morgan fingerprint density at radius 3 is 2.82 bits per heavy atom. The molecule has 1 aromatic carbocycles. The highest BCUT2D eigenvalue weighted by Gasteiger charge is 2.40. The number of fused-ring (bicyclic) bond motifs is 1. The van der Waals surface area contributed by atoms with Crippen LogP contribution in [0.4, 0.5) is 4.39 Å². The molecule has 2 aliphatic rings. The maximum Gasteiger partial charge on any atom is 0.250 e. The standard InChI is InChI=1S/C30H32FN5O2/c1-34-13-10-21(14-28(34)37)24-9-12-33-16-25(24)30(38)36(23-7-8-23)19-22-18-35(17-20-4-3-11-32-15-20)27-6-2-5-26(31)29(22)27/h2-6,10-11,13-15,18,23-25,33H,7-9,12,16-17,19H2,1H3/t24-,25?/m1/s1. The fraction of sp³-hybridized carbons (Fsp3) is 0.367. The van der Waals surface area contributed by atoms with Gasteiger partial charge in [0.05, 0.1) is 11.4 Å². The van der Waals surface area contributed by atoms with E-state index in [-0.39, 0.29) is 35.2 Å². The highest BCUT2D eigenvalue weighted by Crippen LogP contribution is 2.37. The first-order valence-corrected chi connectivity index (χ1v) is 13.3. The van der Waals surface area contributed by atoms with Gasteiger partial charge in [-0.1, -0.05) is 12.1 Å². The first-order valence-electron chi connectivity index (χ1n) is 13.3. The van der Waals surface area contributed by atoms with Crippen molar-refractivity contribution < 1.29 is 9.18 Å². The predicted octanol–water partition coefficient (Wildman–Crippen LogP) is 3.81. The van der Waals surface area contributed by atoms with Crippen LogP contribution in [0, 0.1) is 11.7 Å². The van der Waals surface area contributed by atoms with Gasteiger partial charge in [0.25, 0.3) is 5.56 Å². The van der Waals surface area contributed by atoms with Crippen LogP contribution in [0.2, 0.25) is 0 Å². The third kappa shape index (κ3) is 4.76. The molecule has 1 aliphatic carbocycles. The minimum atomic E-state index is -0.275. The number of halogens is 1. The summed E-state index contributed by atoms with van der Waals surface area (Å²) in [7, 11) is 1.73. The van der Waals surface area contributed by atoms with Crippen molar-refractivity contribution in [3.8, 4) is 0 Å². The topological polar surface area (TPSA) is 72.2 Å². The molecule has 1 N–H and O–H groups in total. The van der Waals surface area contributed by atoms with E-state index in [1.54, 1.807) is 36.1 Å². The number of hydrogen-bond acceptors (Lipinski definition) is 4. The van der Waals surface area contributed by atoms with Crippen LogP contribution < -0.4 is 10.9 Å². The summed E-state index contributed by atoms with van der Waals surface area (Å²) in [4.78, 5) is 32.7. The number of amides is 1. The molecule has 4 aromatic rings. The van der Waals surface area contributed by atoms with Crippen molar-refractivity contribution >= 4 is 16.8 Å². The van der Waals surface area contributed by atoms with Crippen LogP contribution in [0.15, 0.2) is 72.0 Å². The molecule has 0 spiro atoms. The van der Waals surface area contributed by atoms with Crippen molar-refractivity contribution in [1.82, 2.24) is 24.3 Å². The molecule has 8 heteroatoms. The first-order chi connectivity index (χ1) is 18.5. The Morgan fingerprint density at radius 1 is 1.18 bits per heavy atom. The number of benzene rings is 1. The zero-order valence-electron chi connectivity index (χ0n) is 21.5. The van der Waals surface area contributed by atoms with E-state index in [1.165, 1.54) is 6.07 Å². The second-order valence-electron chi connectivity index (χ2n) is 10.6. The van der Waals surface area contributed by atoms with Gasteiger partial charge in [0.1, 0.15) is 5.82 Å². The number of nitrogens with one attached hydrogen (secondary N) is 1. The van der Waals surface area contributed by atoms with Crippen LogP contribution >= 0.6 is 0 Å². The van der Waals surface area contributed by atoms with Crippen LogP contribution in [0.5, 0.6) is 0 Å². The molecular formula is C30H32FN5O2. The van der Waals surface area contributed by atoms with Crippen LogP contribution in [-0.4, -0.2) is 44.1 Å². The average Bonchev–Trinajstić information content (AvgIpc) is 3.72. The lowest BCUT2D eigenvalue weighted by atomic mass is 9.80. The molecule has 2 fully saturated rings. The van der Waals surface area contributed by atoms with E-state index in [4.69, 9.17) is 0 Å². The Hall–Kier alpha value is -3.78. The minimum absolute atomic E-state index is 0.0254. The van der Waals surface area contributed by atoms with Crippen molar-refractivity contribution in [2.75, 3.05) is 13.1 Å². The molecule has 1 saturated carbocycles. The summed E-state index contributed by atoms with van der Waals surface area (Å²) in [6.07, 6.45) is 10.0. The molecule has 196 valence electrons. The number of rotatable bonds is 7. The number of hydrogen-bond donors (Lipinski definition) is 1. The molecule has 1 amide bonds. The molecule has 2 atom stereocenters. The first kappa shape index (κ1) is 24.6. The van der Waals surface area contributed by atoms with Crippen molar-refractivity contribution in [1.29, 1.82) is 0 Å². The Morgan fingerprint density at radius 2 is 2.05 bits per heavy atom. The number of piperidine rings is 1. The summed E-state index contributed by atoms with van der Waals surface area (Å²) in [5, 5.41) is 3.96. The predicted molar refractivity (Wildman–Crippen MR) is 144 cm³/mol. The number of nitrogens with zero attached hydrogens (tertiary/aromatic N) is 4. The van der Waals surface area contributed by atoms with Gasteiger partial charge in [0, 0.05) is 69.0 Å². The van der Waals surface area contributed by atoms with Gasteiger partial charge in [-0.25, -0.2) is 4.39 Å². The third-order valence-corrected chi connectivity index (χ3v) is 7.98. The molecular weight excluding hydrogens is 481 g/mol. The van der Waals surface area contributed by atoms with Crippen molar-refractivity contribution in [3.05, 3.63) is 100 Å². The fourth-order valence-corrected chi connectivity index (χ4v) is 5.81. The lowest BCUT2D eigenvalue weighted by Gasteiger charge is -2.35. The molecule has 38 heavy (non-hydrogen) atoms. The zero-order valence-corrected chi connectivity index (χ0v) is 21.5. The van der Waals surface area contributed by atoms with Gasteiger partial charge in [0.2, 0.25) is 5.91 Å². The minimum Gasteiger partial charge on any atom is -0.343 e. The largest absolute Gasteiger partial charge is 0.343 e. The number of pyridine rings is 2. The molecule has 6 rings (SSSR count). The fourth-order valence-electron chi connectivity index (χ4n) is 5.81. The Kier molecular flexibility index (Phi) is 6.57. The van der Waals surface area contributed by atoms with Gasteiger partial charge in [-0.3, -0.25) is 14.6 Å². The van der Waals surface area contributed by atoms with Gasteiger partial charge in [-0.2, -0.15) is 0 Å². The summed E-state index contributed by atoms with van der Waals surface area (Å²) in [5.41, 5.74) is 3.51. The van der Waals surface area contributed by atoms with E-state index in [1.807, 2.05) is 46.1 Å². The van der Waals surface area contributed by atoms with Gasteiger partial charge in [-0.05, 0) is 72.7 Å². The maximum atomic E-state index is 15.2. The molecule has 3 aromatic heterocycles. The molecule has 0 bridgehead atoms. The smallest absolute Gasteiger partial charge is 0.250 e. The van der Waals surface area contributed by atoms with E-state index in [0.29, 0.717) is 25.0 Å². The van der Waals surface area contributed by atoms with Crippen LogP contribution in [0.1, 0.15) is 41.9 Å². The summed E-state index contributed by atoms with van der Waals surface area (Å²) in [6.45, 7) is 2.31. The van der Waals surface area contributed by atoms with E-state index in [2.05, 4.69) is 10.3 Å². The van der Waals surface area contributed by atoms with Crippen molar-refractivity contribution in [3.63, 3.8) is 0 Å². The van der Waals surface area contributed by atoms with Gasteiger partial charge >= 0.3 is 0 Å². The van der Waals surface area contributed by atoms with E-state index in [0.717, 1.165) is 48.0 Å². The lowest BCUT2D eigenvalue weighted by molar-refractivity contribution is -0.138. The summed E-state index contributed by atoms with van der Waals surface area (Å²) >= 11 is 0. The van der Waals surface area contributed by atoms with E-state index in [9.17, 15) is 9.59 Å². The summed E-state index contributed by atoms with van der Waals surface area (Å²) in [5.74, 6) is -0.495. The quantitative estimate of drug-likeness (QED) is 0.408. The summed E-state index contributed by atoms with van der Waals surface area (Å²) < 4.78 is 18.8. The highest BCUT2D eigenvalue weighted by molar-refractivity contribution is 5.86. The SMILES string of the molecule is Cn1ccc([C@H]2CCNCC2C(=O)N(Cc2cn(Cc3cccnc3)c3cccc(F)c23)C2CC2)cc1=O. The second-order valence-corrected chi connectivity index (χ2v) is 10.6. The molecule has 1 saturated heterocycles. The van der Waals surface area contributed by atoms with Crippen LogP contribution in [-0.2, 0) is 24.9 Å².